The van der Waals surface area contributed by atoms with Crippen molar-refractivity contribution < 1.29 is 0 Å². The topological polar surface area (TPSA) is 25.2 Å². The van der Waals surface area contributed by atoms with E-state index in [0.29, 0.717) is 16.9 Å². The highest BCUT2D eigenvalue weighted by molar-refractivity contribution is 6.33. The zero-order chi connectivity index (χ0) is 23.3. The van der Waals surface area contributed by atoms with Crippen LogP contribution in [0.25, 0.3) is 16.8 Å². The highest BCUT2D eigenvalue weighted by Gasteiger charge is 2.16. The number of aliphatic imine (C=N–C) groups is 1. The first-order chi connectivity index (χ1) is 15.3. The van der Waals surface area contributed by atoms with Gasteiger partial charge in [-0.05, 0) is 73.1 Å². The van der Waals surface area contributed by atoms with Crippen LogP contribution in [0.3, 0.4) is 0 Å². The van der Waals surface area contributed by atoms with Crippen LogP contribution in [0.1, 0.15) is 84.3 Å². The van der Waals surface area contributed by atoms with Gasteiger partial charge in [0, 0.05) is 11.3 Å². The molecule has 0 bridgehead atoms. The summed E-state index contributed by atoms with van der Waals surface area (Å²) in [5.41, 5.74) is 6.90. The Morgan fingerprint density at radius 1 is 1.12 bits per heavy atom. The van der Waals surface area contributed by atoms with Crippen molar-refractivity contribution in [1.29, 1.82) is 0 Å². The van der Waals surface area contributed by atoms with Gasteiger partial charge in [0.15, 0.2) is 5.82 Å². The molecule has 0 saturated heterocycles. The molecule has 1 heterocycles. The number of halogens is 1. The smallest absolute Gasteiger partial charge is 0.155 e. The van der Waals surface area contributed by atoms with Crippen LogP contribution in [0.4, 0.5) is 5.82 Å². The lowest BCUT2D eigenvalue weighted by Crippen LogP contribution is -2.13. The van der Waals surface area contributed by atoms with Crippen molar-refractivity contribution in [3.05, 3.63) is 52.6 Å². The first-order valence-corrected chi connectivity index (χ1v) is 12.7. The lowest BCUT2D eigenvalue weighted by Gasteiger charge is -2.19. The molecule has 32 heavy (non-hydrogen) atoms. The Labute approximate surface area is 200 Å². The summed E-state index contributed by atoms with van der Waals surface area (Å²) in [5, 5.41) is 0.686. The quantitative estimate of drug-likeness (QED) is 0.367. The minimum Gasteiger partial charge on any atom is -0.238 e. The SMILES string of the molecule is CCC(CC)CC(=Nc1nc(-c2ccc(C3=CCC(C)CC3)cc2)c(Cl)cc1C)C(C)C. The second-order valence-electron chi connectivity index (χ2n) is 9.79. The molecule has 1 unspecified atom stereocenters. The maximum atomic E-state index is 6.65. The summed E-state index contributed by atoms with van der Waals surface area (Å²) in [7, 11) is 0. The van der Waals surface area contributed by atoms with Gasteiger partial charge in [-0.15, -0.1) is 0 Å². The van der Waals surface area contributed by atoms with Crippen LogP contribution in [-0.2, 0) is 0 Å². The summed E-state index contributed by atoms with van der Waals surface area (Å²) in [6, 6.07) is 10.7. The Balaban J connectivity index is 1.92. The van der Waals surface area contributed by atoms with E-state index in [0.717, 1.165) is 41.4 Å². The van der Waals surface area contributed by atoms with Crippen LogP contribution < -0.4 is 0 Å². The number of aromatic nitrogens is 1. The molecule has 3 rings (SSSR count). The number of rotatable bonds is 8. The standard InChI is InChI=1S/C29H39ClN2/c1-7-22(8-2)18-27(19(3)4)31-29-21(6)17-26(30)28(32-29)25-15-13-24(14-16-25)23-11-9-20(5)10-12-23/h11,13-17,19-20,22H,7-10,12,18H2,1-6H3. The van der Waals surface area contributed by atoms with Gasteiger partial charge in [-0.25, -0.2) is 9.98 Å². The van der Waals surface area contributed by atoms with Crippen LogP contribution in [0.2, 0.25) is 5.02 Å². The molecule has 2 aromatic rings. The fraction of sp³-hybridized carbons (Fsp3) is 0.517. The lowest BCUT2D eigenvalue weighted by atomic mass is 9.87. The summed E-state index contributed by atoms with van der Waals surface area (Å²) in [6.45, 7) is 13.4. The second-order valence-corrected chi connectivity index (χ2v) is 10.2. The first kappa shape index (κ1) is 24.7. The monoisotopic (exact) mass is 450 g/mol. The molecule has 1 aliphatic carbocycles. The molecule has 0 aliphatic heterocycles. The van der Waals surface area contributed by atoms with Crippen LogP contribution in [-0.4, -0.2) is 10.7 Å². The molecule has 1 aliphatic rings. The average molecular weight is 451 g/mol. The minimum absolute atomic E-state index is 0.404. The zero-order valence-electron chi connectivity index (χ0n) is 20.7. The maximum Gasteiger partial charge on any atom is 0.155 e. The normalized spacial score (nSPS) is 17.2. The van der Waals surface area contributed by atoms with Crippen molar-refractivity contribution in [2.45, 2.75) is 80.1 Å². The number of hydrogen-bond donors (Lipinski definition) is 0. The zero-order valence-corrected chi connectivity index (χ0v) is 21.5. The molecular weight excluding hydrogens is 412 g/mol. The van der Waals surface area contributed by atoms with E-state index in [1.54, 1.807) is 0 Å². The maximum absolute atomic E-state index is 6.65. The van der Waals surface area contributed by atoms with E-state index in [9.17, 15) is 0 Å². The van der Waals surface area contributed by atoms with Gasteiger partial charge in [0.2, 0.25) is 0 Å². The number of hydrogen-bond acceptors (Lipinski definition) is 2. The second kappa shape index (κ2) is 11.3. The van der Waals surface area contributed by atoms with E-state index in [-0.39, 0.29) is 0 Å². The minimum atomic E-state index is 0.404. The van der Waals surface area contributed by atoms with Gasteiger partial charge >= 0.3 is 0 Å². The van der Waals surface area contributed by atoms with Crippen molar-refractivity contribution in [1.82, 2.24) is 4.98 Å². The molecule has 0 spiro atoms. The fourth-order valence-electron chi connectivity index (χ4n) is 4.38. The molecule has 3 heteroatoms. The molecular formula is C29H39ClN2. The Morgan fingerprint density at radius 3 is 2.34 bits per heavy atom. The van der Waals surface area contributed by atoms with Crippen molar-refractivity contribution in [3.63, 3.8) is 0 Å². The molecule has 2 nitrogen and oxygen atoms in total. The number of nitrogens with zero attached hydrogens (tertiary/aromatic N) is 2. The Morgan fingerprint density at radius 2 is 1.78 bits per heavy atom. The highest BCUT2D eigenvalue weighted by atomic mass is 35.5. The highest BCUT2D eigenvalue weighted by Crippen LogP contribution is 2.34. The fourth-order valence-corrected chi connectivity index (χ4v) is 4.69. The van der Waals surface area contributed by atoms with E-state index in [1.807, 2.05) is 6.07 Å². The number of benzene rings is 1. The van der Waals surface area contributed by atoms with Gasteiger partial charge in [-0.2, -0.15) is 0 Å². The summed E-state index contributed by atoms with van der Waals surface area (Å²) in [5.74, 6) is 2.68. The molecule has 0 radical (unpaired) electrons. The third kappa shape index (κ3) is 6.10. The third-order valence-corrected chi connectivity index (χ3v) is 7.20. The molecule has 0 saturated carbocycles. The Bertz CT molecular complexity index is 965. The van der Waals surface area contributed by atoms with E-state index in [2.05, 4.69) is 71.9 Å². The third-order valence-electron chi connectivity index (χ3n) is 6.91. The van der Waals surface area contributed by atoms with Gasteiger partial charge < -0.3 is 0 Å². The van der Waals surface area contributed by atoms with Gasteiger partial charge in [-0.3, -0.25) is 0 Å². The van der Waals surface area contributed by atoms with Crippen LogP contribution >= 0.6 is 11.6 Å². The largest absolute Gasteiger partial charge is 0.238 e. The van der Waals surface area contributed by atoms with E-state index in [4.69, 9.17) is 21.6 Å². The van der Waals surface area contributed by atoms with Crippen molar-refractivity contribution in [3.8, 4) is 11.3 Å². The molecule has 172 valence electrons. The molecule has 1 aromatic carbocycles. The summed E-state index contributed by atoms with van der Waals surface area (Å²) < 4.78 is 0. The Hall–Kier alpha value is -1.93. The van der Waals surface area contributed by atoms with Gasteiger partial charge in [-0.1, -0.05) is 89.4 Å². The average Bonchev–Trinajstić information content (AvgIpc) is 2.78. The molecule has 0 amide bonds. The number of pyridine rings is 1. The predicted octanol–water partition coefficient (Wildman–Crippen LogP) is 9.47. The summed E-state index contributed by atoms with van der Waals surface area (Å²) in [6.07, 6.45) is 9.42. The van der Waals surface area contributed by atoms with Crippen molar-refractivity contribution >= 4 is 28.7 Å². The van der Waals surface area contributed by atoms with Crippen molar-refractivity contribution in [2.75, 3.05) is 0 Å². The van der Waals surface area contributed by atoms with Gasteiger partial charge in [0.1, 0.15) is 0 Å². The number of aryl methyl sites for hydroxylation is 1. The van der Waals surface area contributed by atoms with Gasteiger partial charge in [0.25, 0.3) is 0 Å². The number of allylic oxidation sites excluding steroid dienone is 2. The molecule has 1 atom stereocenters. The lowest BCUT2D eigenvalue weighted by molar-refractivity contribution is 0.504. The van der Waals surface area contributed by atoms with Crippen molar-refractivity contribution in [2.24, 2.45) is 22.7 Å². The summed E-state index contributed by atoms with van der Waals surface area (Å²) in [4.78, 5) is 10.00. The first-order valence-electron chi connectivity index (χ1n) is 12.4. The van der Waals surface area contributed by atoms with Gasteiger partial charge in [0.05, 0.1) is 10.7 Å². The molecule has 0 fully saturated rings. The van der Waals surface area contributed by atoms with E-state index < -0.39 is 0 Å². The summed E-state index contributed by atoms with van der Waals surface area (Å²) >= 11 is 6.65. The molecule has 0 N–H and O–H groups in total. The van der Waals surface area contributed by atoms with E-state index >= 15 is 0 Å². The van der Waals surface area contributed by atoms with E-state index in [1.165, 1.54) is 42.5 Å². The van der Waals surface area contributed by atoms with Crippen LogP contribution in [0.5, 0.6) is 0 Å². The van der Waals surface area contributed by atoms with Crippen LogP contribution in [0, 0.1) is 24.7 Å². The Kier molecular flexibility index (Phi) is 8.71. The predicted molar refractivity (Wildman–Crippen MR) is 141 cm³/mol. The van der Waals surface area contributed by atoms with Crippen LogP contribution in [0.15, 0.2) is 41.4 Å². The molecule has 1 aromatic heterocycles.